The highest BCUT2D eigenvalue weighted by Crippen LogP contribution is 2.32. The van der Waals surface area contributed by atoms with E-state index < -0.39 is 10.0 Å². The van der Waals surface area contributed by atoms with Gasteiger partial charge in [-0.2, -0.15) is 5.26 Å². The van der Waals surface area contributed by atoms with Crippen molar-refractivity contribution in [1.29, 1.82) is 5.26 Å². The van der Waals surface area contributed by atoms with Crippen LogP contribution >= 0.6 is 33.9 Å². The molecule has 2 aromatic carbocycles. The van der Waals surface area contributed by atoms with Gasteiger partial charge in [0, 0.05) is 17.1 Å². The average Bonchev–Trinajstić information content (AvgIpc) is 3.28. The molecule has 154 valence electrons. The Bertz CT molecular complexity index is 1370. The molecule has 2 aromatic heterocycles. The first-order valence-corrected chi connectivity index (χ1v) is 12.3. The summed E-state index contributed by atoms with van der Waals surface area (Å²) in [4.78, 5) is 8.29. The van der Waals surface area contributed by atoms with Crippen LogP contribution in [0.15, 0.2) is 77.3 Å². The molecule has 0 fully saturated rings. The summed E-state index contributed by atoms with van der Waals surface area (Å²) in [5.41, 5.74) is 1.87. The number of hydrogen-bond donors (Lipinski definition) is 1. The van der Waals surface area contributed by atoms with E-state index in [-0.39, 0.29) is 21.3 Å². The lowest BCUT2D eigenvalue weighted by Crippen LogP contribution is -2.13. The summed E-state index contributed by atoms with van der Waals surface area (Å²) in [5, 5.41) is 11.4. The molecule has 0 spiro atoms. The predicted molar refractivity (Wildman–Crippen MR) is 127 cm³/mol. The maximum Gasteiger partial charge on any atom is 0.263 e. The zero-order valence-corrected chi connectivity index (χ0v) is 19.5. The second-order valence-corrected chi connectivity index (χ2v) is 9.92. The first kappa shape index (κ1) is 21.2. The molecule has 0 aliphatic rings. The fraction of sp³-hybridized carbons (Fsp3) is 0. The van der Waals surface area contributed by atoms with Crippen molar-refractivity contribution in [2.75, 3.05) is 4.72 Å². The molecule has 1 N–H and O–H groups in total. The van der Waals surface area contributed by atoms with E-state index in [1.807, 2.05) is 42.5 Å². The zero-order valence-electron chi connectivity index (χ0n) is 15.7. The van der Waals surface area contributed by atoms with Gasteiger partial charge in [-0.25, -0.2) is 13.4 Å². The molecule has 10 heteroatoms. The maximum absolute atomic E-state index is 12.6. The minimum Gasteiger partial charge on any atom is -0.453 e. The number of hydrogen-bond acceptors (Lipinski definition) is 7. The van der Waals surface area contributed by atoms with Crippen LogP contribution in [0, 0.1) is 14.9 Å². The molecule has 0 bridgehead atoms. The zero-order chi connectivity index (χ0) is 21.8. The third-order valence-corrected chi connectivity index (χ3v) is 7.14. The molecule has 31 heavy (non-hydrogen) atoms. The van der Waals surface area contributed by atoms with Gasteiger partial charge in [-0.05, 0) is 46.9 Å². The first-order valence-electron chi connectivity index (χ1n) is 8.81. The van der Waals surface area contributed by atoms with Crippen molar-refractivity contribution in [3.05, 3.63) is 81.5 Å². The summed E-state index contributed by atoms with van der Waals surface area (Å²) in [6, 6.07) is 17.7. The van der Waals surface area contributed by atoms with Gasteiger partial charge in [-0.1, -0.05) is 30.3 Å². The normalized spacial score (nSPS) is 11.0. The van der Waals surface area contributed by atoms with Gasteiger partial charge >= 0.3 is 0 Å². The van der Waals surface area contributed by atoms with E-state index in [0.717, 1.165) is 26.2 Å². The van der Waals surface area contributed by atoms with Crippen molar-refractivity contribution in [3.63, 3.8) is 0 Å². The monoisotopic (exact) mass is 560 g/mol. The number of rotatable bonds is 6. The van der Waals surface area contributed by atoms with Gasteiger partial charge < -0.3 is 4.74 Å². The molecule has 0 saturated heterocycles. The Kier molecular flexibility index (Phi) is 6.17. The molecular formula is C21H13IN4O3S2. The second-order valence-electron chi connectivity index (χ2n) is 6.18. The predicted octanol–water partition coefficient (Wildman–Crippen LogP) is 5.27. The largest absolute Gasteiger partial charge is 0.453 e. The molecule has 0 aliphatic carbocycles. The fourth-order valence-corrected chi connectivity index (χ4v) is 5.04. The highest BCUT2D eigenvalue weighted by atomic mass is 127. The lowest BCUT2D eigenvalue weighted by atomic mass is 10.1. The van der Waals surface area contributed by atoms with Gasteiger partial charge in [0.05, 0.1) is 25.9 Å². The standard InChI is InChI=1S/C21H13IN4O3S2/c22-17-11-18(14-4-2-1-3-5-14)25-13-20(17)29-19-7-6-16(10-15(19)12-23)31(27,28)26-21-24-8-9-30-21/h1-11,13H,(H,24,26). The summed E-state index contributed by atoms with van der Waals surface area (Å²) >= 11 is 3.30. The van der Waals surface area contributed by atoms with Gasteiger partial charge in [0.1, 0.15) is 11.8 Å². The van der Waals surface area contributed by atoms with E-state index in [1.54, 1.807) is 11.6 Å². The smallest absolute Gasteiger partial charge is 0.263 e. The summed E-state index contributed by atoms with van der Waals surface area (Å²) in [7, 11) is -3.87. The molecule has 0 unspecified atom stereocenters. The van der Waals surface area contributed by atoms with Crippen LogP contribution in [0.1, 0.15) is 5.56 Å². The van der Waals surface area contributed by atoms with Crippen LogP contribution in [0.25, 0.3) is 11.3 Å². The summed E-state index contributed by atoms with van der Waals surface area (Å²) in [6.07, 6.45) is 3.08. The molecule has 0 aliphatic heterocycles. The number of pyridine rings is 1. The van der Waals surface area contributed by atoms with Crippen LogP contribution in [0.4, 0.5) is 5.13 Å². The van der Waals surface area contributed by atoms with E-state index in [1.165, 1.54) is 24.4 Å². The number of nitriles is 1. The Labute approximate surface area is 196 Å². The van der Waals surface area contributed by atoms with Gasteiger partial charge in [0.2, 0.25) is 0 Å². The number of anilines is 1. The molecular weight excluding hydrogens is 547 g/mol. The fourth-order valence-electron chi connectivity index (χ4n) is 2.68. The number of aromatic nitrogens is 2. The Hall–Kier alpha value is -3.01. The minimum atomic E-state index is -3.87. The summed E-state index contributed by atoms with van der Waals surface area (Å²) < 4.78 is 34.2. The van der Waals surface area contributed by atoms with E-state index in [4.69, 9.17) is 4.74 Å². The van der Waals surface area contributed by atoms with E-state index in [9.17, 15) is 13.7 Å². The maximum atomic E-state index is 12.6. The van der Waals surface area contributed by atoms with Crippen LogP contribution in [0.3, 0.4) is 0 Å². The minimum absolute atomic E-state index is 0.0566. The van der Waals surface area contributed by atoms with E-state index in [0.29, 0.717) is 5.75 Å². The number of ether oxygens (including phenoxy) is 1. The van der Waals surface area contributed by atoms with Gasteiger partial charge in [0.15, 0.2) is 10.9 Å². The van der Waals surface area contributed by atoms with Crippen LogP contribution in [0.2, 0.25) is 0 Å². The Balaban J connectivity index is 1.60. The lowest BCUT2D eigenvalue weighted by molar-refractivity contribution is 0.475. The lowest BCUT2D eigenvalue weighted by Gasteiger charge is -2.12. The number of sulfonamides is 1. The van der Waals surface area contributed by atoms with Crippen LogP contribution in [0.5, 0.6) is 11.5 Å². The van der Waals surface area contributed by atoms with Crippen molar-refractivity contribution >= 4 is 49.1 Å². The summed E-state index contributed by atoms with van der Waals surface area (Å²) in [6.45, 7) is 0. The SMILES string of the molecule is N#Cc1cc(S(=O)(=O)Nc2nccs2)ccc1Oc1cnc(-c2ccccc2)cc1I. The van der Waals surface area contributed by atoms with E-state index in [2.05, 4.69) is 37.3 Å². The van der Waals surface area contributed by atoms with Crippen LogP contribution in [-0.4, -0.2) is 18.4 Å². The third-order valence-electron chi connectivity index (χ3n) is 4.14. The van der Waals surface area contributed by atoms with Crippen molar-refractivity contribution in [2.24, 2.45) is 0 Å². The Morgan fingerprint density at radius 2 is 1.87 bits per heavy atom. The van der Waals surface area contributed by atoms with Crippen molar-refractivity contribution in [3.8, 4) is 28.8 Å². The first-order chi connectivity index (χ1) is 15.0. The van der Waals surface area contributed by atoms with Crippen molar-refractivity contribution in [2.45, 2.75) is 4.90 Å². The molecule has 4 aromatic rings. The van der Waals surface area contributed by atoms with Crippen molar-refractivity contribution < 1.29 is 13.2 Å². The van der Waals surface area contributed by atoms with Gasteiger partial charge in [0.25, 0.3) is 10.0 Å². The highest BCUT2D eigenvalue weighted by molar-refractivity contribution is 14.1. The van der Waals surface area contributed by atoms with Gasteiger partial charge in [-0.15, -0.1) is 11.3 Å². The second kappa shape index (κ2) is 9.01. The average molecular weight is 560 g/mol. The number of thiazole rings is 1. The molecule has 2 heterocycles. The Morgan fingerprint density at radius 3 is 2.55 bits per heavy atom. The number of halogens is 1. The highest BCUT2D eigenvalue weighted by Gasteiger charge is 2.19. The molecule has 0 amide bonds. The molecule has 0 radical (unpaired) electrons. The number of benzene rings is 2. The number of nitrogens with one attached hydrogen (secondary N) is 1. The molecule has 0 atom stereocenters. The molecule has 7 nitrogen and oxygen atoms in total. The van der Waals surface area contributed by atoms with Crippen molar-refractivity contribution in [1.82, 2.24) is 9.97 Å². The molecule has 0 saturated carbocycles. The van der Waals surface area contributed by atoms with E-state index >= 15 is 0 Å². The third kappa shape index (κ3) is 4.84. The van der Waals surface area contributed by atoms with Crippen LogP contribution in [-0.2, 0) is 10.0 Å². The van der Waals surface area contributed by atoms with Crippen LogP contribution < -0.4 is 9.46 Å². The quantitative estimate of drug-likeness (QED) is 0.322. The summed E-state index contributed by atoms with van der Waals surface area (Å²) in [5.74, 6) is 0.705. The number of nitrogens with zero attached hydrogens (tertiary/aromatic N) is 3. The topological polar surface area (TPSA) is 105 Å². The molecule has 4 rings (SSSR count). The Morgan fingerprint density at radius 1 is 1.06 bits per heavy atom. The van der Waals surface area contributed by atoms with Gasteiger partial charge in [-0.3, -0.25) is 9.71 Å².